The average molecular weight is 314 g/mol. The van der Waals surface area contributed by atoms with Gasteiger partial charge in [-0.05, 0) is 26.3 Å². The second-order valence-electron chi connectivity index (χ2n) is 4.72. The predicted octanol–water partition coefficient (Wildman–Crippen LogP) is 2.84. The Balaban J connectivity index is 2.96. The van der Waals surface area contributed by atoms with E-state index in [0.29, 0.717) is 17.1 Å². The number of ether oxygens (including phenoxy) is 2. The molecular weight excluding hydrogens is 294 g/mol. The first-order valence-corrected chi connectivity index (χ1v) is 7.10. The number of amides is 1. The number of hydrogen-bond donors (Lipinski definition) is 1. The van der Waals surface area contributed by atoms with Crippen molar-refractivity contribution in [2.45, 2.75) is 39.3 Å². The van der Waals surface area contributed by atoms with E-state index in [0.717, 1.165) is 6.42 Å². The van der Waals surface area contributed by atoms with Gasteiger partial charge >= 0.3 is 0 Å². The summed E-state index contributed by atoms with van der Waals surface area (Å²) in [5.41, 5.74) is 0.238. The summed E-state index contributed by atoms with van der Waals surface area (Å²) in [4.78, 5) is 23.1. The summed E-state index contributed by atoms with van der Waals surface area (Å²) in [5.74, 6) is 0.273. The number of aldehydes is 1. The Bertz CT molecular complexity index is 519. The van der Waals surface area contributed by atoms with Crippen LogP contribution in [0.4, 0.5) is 0 Å². The Morgan fingerprint density at radius 2 is 2.10 bits per heavy atom. The molecule has 21 heavy (non-hydrogen) atoms. The molecule has 0 saturated carbocycles. The fourth-order valence-electron chi connectivity index (χ4n) is 1.65. The van der Waals surface area contributed by atoms with Crippen molar-refractivity contribution < 1.29 is 19.1 Å². The molecule has 6 heteroatoms. The molecule has 1 N–H and O–H groups in total. The van der Waals surface area contributed by atoms with E-state index in [1.165, 1.54) is 19.2 Å². The predicted molar refractivity (Wildman–Crippen MR) is 81.4 cm³/mol. The fourth-order valence-corrected chi connectivity index (χ4v) is 1.86. The minimum atomic E-state index is -0.757. The first kappa shape index (κ1) is 17.3. The molecule has 1 aromatic carbocycles. The van der Waals surface area contributed by atoms with Crippen LogP contribution in [0.3, 0.4) is 0 Å². The Kier molecular flexibility index (Phi) is 6.49. The Morgan fingerprint density at radius 3 is 2.62 bits per heavy atom. The van der Waals surface area contributed by atoms with Gasteiger partial charge in [-0.3, -0.25) is 9.59 Å². The maximum atomic E-state index is 12.0. The molecule has 1 amide bonds. The van der Waals surface area contributed by atoms with Crippen LogP contribution in [0, 0.1) is 0 Å². The third kappa shape index (κ3) is 4.63. The first-order valence-electron chi connectivity index (χ1n) is 6.72. The third-order valence-electron chi connectivity index (χ3n) is 3.06. The molecule has 0 saturated heterocycles. The van der Waals surface area contributed by atoms with Crippen molar-refractivity contribution in [3.05, 3.63) is 22.7 Å². The summed E-state index contributed by atoms with van der Waals surface area (Å²) in [6, 6.07) is 3.05. The molecule has 0 heterocycles. The van der Waals surface area contributed by atoms with Gasteiger partial charge in [0.2, 0.25) is 0 Å². The molecule has 0 bridgehead atoms. The lowest BCUT2D eigenvalue weighted by Crippen LogP contribution is -2.41. The van der Waals surface area contributed by atoms with Gasteiger partial charge in [0.1, 0.15) is 0 Å². The van der Waals surface area contributed by atoms with Gasteiger partial charge in [-0.25, -0.2) is 0 Å². The van der Waals surface area contributed by atoms with Crippen LogP contribution in [0.25, 0.3) is 0 Å². The quantitative estimate of drug-likeness (QED) is 0.786. The van der Waals surface area contributed by atoms with Crippen molar-refractivity contribution in [1.29, 1.82) is 0 Å². The Hall–Kier alpha value is -1.75. The number of carbonyl (C=O) groups is 2. The fraction of sp³-hybridized carbons (Fsp3) is 0.467. The lowest BCUT2D eigenvalue weighted by Gasteiger charge is -2.20. The summed E-state index contributed by atoms with van der Waals surface area (Å²) in [6.45, 7) is 5.49. The van der Waals surface area contributed by atoms with E-state index in [-0.39, 0.29) is 23.3 Å². The van der Waals surface area contributed by atoms with Crippen LogP contribution >= 0.6 is 11.6 Å². The highest BCUT2D eigenvalue weighted by molar-refractivity contribution is 6.31. The summed E-state index contributed by atoms with van der Waals surface area (Å²) in [6.07, 6.45) is 0.679. The Morgan fingerprint density at radius 1 is 1.43 bits per heavy atom. The number of hydrogen-bond acceptors (Lipinski definition) is 4. The van der Waals surface area contributed by atoms with E-state index < -0.39 is 6.10 Å². The van der Waals surface area contributed by atoms with Gasteiger partial charge in [0.05, 0.1) is 12.7 Å². The van der Waals surface area contributed by atoms with Crippen LogP contribution in [0.1, 0.15) is 37.6 Å². The lowest BCUT2D eigenvalue weighted by atomic mass is 10.2. The number of nitrogens with one attached hydrogen (secondary N) is 1. The van der Waals surface area contributed by atoms with E-state index in [4.69, 9.17) is 21.1 Å². The van der Waals surface area contributed by atoms with E-state index >= 15 is 0 Å². The number of carbonyl (C=O) groups excluding carboxylic acids is 2. The van der Waals surface area contributed by atoms with Gasteiger partial charge in [0, 0.05) is 17.1 Å². The van der Waals surface area contributed by atoms with Crippen LogP contribution < -0.4 is 14.8 Å². The van der Waals surface area contributed by atoms with Crippen LogP contribution in [0.5, 0.6) is 11.5 Å². The van der Waals surface area contributed by atoms with Gasteiger partial charge < -0.3 is 14.8 Å². The summed E-state index contributed by atoms with van der Waals surface area (Å²) in [7, 11) is 1.44. The number of benzene rings is 1. The molecule has 0 aliphatic heterocycles. The van der Waals surface area contributed by atoms with Gasteiger partial charge in [-0.2, -0.15) is 0 Å². The highest BCUT2D eigenvalue weighted by atomic mass is 35.5. The normalized spacial score (nSPS) is 13.2. The second-order valence-corrected chi connectivity index (χ2v) is 5.16. The van der Waals surface area contributed by atoms with Gasteiger partial charge in [0.15, 0.2) is 23.9 Å². The molecule has 0 spiro atoms. The maximum Gasteiger partial charge on any atom is 0.260 e. The largest absolute Gasteiger partial charge is 0.493 e. The average Bonchev–Trinajstić information content (AvgIpc) is 2.47. The monoisotopic (exact) mass is 313 g/mol. The minimum Gasteiger partial charge on any atom is -0.493 e. The Labute approximate surface area is 129 Å². The van der Waals surface area contributed by atoms with E-state index in [1.807, 2.05) is 13.8 Å². The van der Waals surface area contributed by atoms with Crippen molar-refractivity contribution >= 4 is 23.8 Å². The topological polar surface area (TPSA) is 64.6 Å². The van der Waals surface area contributed by atoms with Crippen LogP contribution in [0.15, 0.2) is 12.1 Å². The molecule has 0 fully saturated rings. The zero-order chi connectivity index (χ0) is 16.0. The number of rotatable bonds is 7. The van der Waals surface area contributed by atoms with Gasteiger partial charge in [0.25, 0.3) is 5.91 Å². The van der Waals surface area contributed by atoms with Crippen LogP contribution in [-0.2, 0) is 4.79 Å². The first-order chi connectivity index (χ1) is 9.92. The second kappa shape index (κ2) is 7.88. The van der Waals surface area contributed by atoms with E-state index in [2.05, 4.69) is 5.32 Å². The molecule has 116 valence electrons. The molecule has 0 aliphatic carbocycles. The number of halogens is 1. The van der Waals surface area contributed by atoms with Crippen molar-refractivity contribution in [2.24, 2.45) is 0 Å². The lowest BCUT2D eigenvalue weighted by molar-refractivity contribution is -0.127. The van der Waals surface area contributed by atoms with Crippen molar-refractivity contribution in [1.82, 2.24) is 5.32 Å². The summed E-state index contributed by atoms with van der Waals surface area (Å²) < 4.78 is 10.7. The highest BCUT2D eigenvalue weighted by Crippen LogP contribution is 2.34. The van der Waals surface area contributed by atoms with Crippen molar-refractivity contribution in [3.63, 3.8) is 0 Å². The molecule has 0 aromatic heterocycles. The van der Waals surface area contributed by atoms with Crippen LogP contribution in [-0.4, -0.2) is 31.4 Å². The van der Waals surface area contributed by atoms with Gasteiger partial charge in [-0.15, -0.1) is 0 Å². The van der Waals surface area contributed by atoms with Crippen LogP contribution in [0.2, 0.25) is 5.02 Å². The molecule has 0 radical (unpaired) electrons. The summed E-state index contributed by atoms with van der Waals surface area (Å²) in [5, 5.41) is 3.18. The smallest absolute Gasteiger partial charge is 0.260 e. The standard InChI is InChI=1S/C15H20ClNO4/c1-5-9(2)17-15(19)10(3)21-14-11(8-18)6-12(16)7-13(14)20-4/h6-10H,5H2,1-4H3,(H,17,19). The molecule has 1 aromatic rings. The zero-order valence-corrected chi connectivity index (χ0v) is 13.4. The van der Waals surface area contributed by atoms with Gasteiger partial charge in [-0.1, -0.05) is 18.5 Å². The third-order valence-corrected chi connectivity index (χ3v) is 3.28. The highest BCUT2D eigenvalue weighted by Gasteiger charge is 2.21. The van der Waals surface area contributed by atoms with Crippen molar-refractivity contribution in [3.8, 4) is 11.5 Å². The minimum absolute atomic E-state index is 0.0567. The van der Waals surface area contributed by atoms with Crippen molar-refractivity contribution in [2.75, 3.05) is 7.11 Å². The molecular formula is C15H20ClNO4. The van der Waals surface area contributed by atoms with E-state index in [9.17, 15) is 9.59 Å². The summed E-state index contributed by atoms with van der Waals surface area (Å²) >= 11 is 5.89. The molecule has 5 nitrogen and oxygen atoms in total. The molecule has 2 atom stereocenters. The van der Waals surface area contributed by atoms with E-state index in [1.54, 1.807) is 6.92 Å². The zero-order valence-electron chi connectivity index (χ0n) is 12.6. The SMILES string of the molecule is CCC(C)NC(=O)C(C)Oc1c(C=O)cc(Cl)cc1OC. The maximum absolute atomic E-state index is 12.0. The molecule has 1 rings (SSSR count). The number of methoxy groups -OCH3 is 1. The molecule has 0 aliphatic rings. The molecule has 2 unspecified atom stereocenters.